The molecule has 270 valence electrons. The van der Waals surface area contributed by atoms with E-state index in [1.54, 1.807) is 6.07 Å². The zero-order valence-electron chi connectivity index (χ0n) is 29.9. The summed E-state index contributed by atoms with van der Waals surface area (Å²) in [5.74, 6) is 0.146. The fourth-order valence-electron chi connectivity index (χ4n) is 8.26. The molecule has 51 heavy (non-hydrogen) atoms. The van der Waals surface area contributed by atoms with Gasteiger partial charge in [0, 0.05) is 80.5 Å². The first-order chi connectivity index (χ1) is 24.7. The van der Waals surface area contributed by atoms with Crippen molar-refractivity contribution < 1.29 is 19.0 Å². The van der Waals surface area contributed by atoms with Crippen LogP contribution in [0.2, 0.25) is 5.02 Å². The van der Waals surface area contributed by atoms with Crippen LogP contribution in [0, 0.1) is 25.6 Å². The lowest BCUT2D eigenvalue weighted by molar-refractivity contribution is 0.0682. The Kier molecular flexibility index (Phi) is 10.7. The SMILES string of the molecule is Cc1nn(C)c(C)c1-c1c(Cl)ccc2c(CCCOc3cccc4cc(F)ccc34)c(C(=O)O)n(CCN3CCC(CN4CCNCC4)CC3)c12. The van der Waals surface area contributed by atoms with Crippen molar-refractivity contribution in [2.45, 2.75) is 46.1 Å². The average Bonchev–Trinajstić information content (AvgIpc) is 3.57. The smallest absolute Gasteiger partial charge is 0.352 e. The maximum Gasteiger partial charge on any atom is 0.352 e. The highest BCUT2D eigenvalue weighted by molar-refractivity contribution is 6.35. The minimum Gasteiger partial charge on any atom is -0.493 e. The number of carboxylic acids is 1. The number of aromatic carboxylic acids is 1. The number of aryl methyl sites for hydroxylation is 3. The predicted molar refractivity (Wildman–Crippen MR) is 202 cm³/mol. The van der Waals surface area contributed by atoms with E-state index in [1.165, 1.54) is 18.7 Å². The Morgan fingerprint density at radius 1 is 1.00 bits per heavy atom. The molecule has 2 aliphatic rings. The van der Waals surface area contributed by atoms with Crippen LogP contribution in [-0.4, -0.2) is 94.2 Å². The third-order valence-electron chi connectivity index (χ3n) is 10.9. The van der Waals surface area contributed by atoms with E-state index in [-0.39, 0.29) is 5.82 Å². The number of ether oxygens (including phenoxy) is 1. The van der Waals surface area contributed by atoms with E-state index in [2.05, 4.69) is 15.1 Å². The number of benzene rings is 3. The molecule has 0 amide bonds. The van der Waals surface area contributed by atoms with Gasteiger partial charge < -0.3 is 29.5 Å². The Morgan fingerprint density at radius 3 is 2.49 bits per heavy atom. The lowest BCUT2D eigenvalue weighted by Gasteiger charge is -2.36. The van der Waals surface area contributed by atoms with Gasteiger partial charge in [0.15, 0.2) is 0 Å². The topological polar surface area (TPSA) is 87.8 Å². The Labute approximate surface area is 303 Å². The number of carboxylic acid groups (broad SMARTS) is 1. The van der Waals surface area contributed by atoms with E-state index in [4.69, 9.17) is 21.4 Å². The summed E-state index contributed by atoms with van der Waals surface area (Å²) in [7, 11) is 1.92. The van der Waals surface area contributed by atoms with Crippen LogP contribution in [0.3, 0.4) is 0 Å². The first kappa shape index (κ1) is 35.4. The van der Waals surface area contributed by atoms with Crippen LogP contribution in [-0.2, 0) is 20.0 Å². The summed E-state index contributed by atoms with van der Waals surface area (Å²) >= 11 is 7.04. The summed E-state index contributed by atoms with van der Waals surface area (Å²) in [6.07, 6.45) is 3.42. The average molecular weight is 715 g/mol. The number of hydrogen-bond donors (Lipinski definition) is 2. The van der Waals surface area contributed by atoms with E-state index in [0.717, 1.165) is 108 Å². The number of nitrogens with zero attached hydrogens (tertiary/aromatic N) is 5. The van der Waals surface area contributed by atoms with Gasteiger partial charge in [-0.05, 0) is 99.8 Å². The second-order valence-electron chi connectivity index (χ2n) is 14.2. The van der Waals surface area contributed by atoms with Crippen LogP contribution in [0.15, 0.2) is 48.5 Å². The van der Waals surface area contributed by atoms with Crippen LogP contribution in [0.25, 0.3) is 32.8 Å². The Hall–Kier alpha value is -3.96. The Balaban J connectivity index is 1.17. The molecule has 5 aromatic rings. The number of piperidine rings is 1. The molecule has 0 bridgehead atoms. The van der Waals surface area contributed by atoms with Crippen molar-refractivity contribution in [2.75, 3.05) is 59.0 Å². The first-order valence-electron chi connectivity index (χ1n) is 18.2. The quantitative estimate of drug-likeness (QED) is 0.136. The lowest BCUT2D eigenvalue weighted by Crippen LogP contribution is -2.47. The number of rotatable bonds is 12. The first-order valence-corrected chi connectivity index (χ1v) is 18.6. The number of fused-ring (bicyclic) bond motifs is 2. The largest absolute Gasteiger partial charge is 0.493 e. The zero-order chi connectivity index (χ0) is 35.6. The molecule has 0 radical (unpaired) electrons. The second kappa shape index (κ2) is 15.3. The number of likely N-dealkylation sites (tertiary alicyclic amines) is 1. The fraction of sp³-hybridized carbons (Fsp3) is 0.450. The van der Waals surface area contributed by atoms with Crippen molar-refractivity contribution in [1.82, 2.24) is 29.5 Å². The normalized spacial score (nSPS) is 16.4. The molecule has 0 spiro atoms. The second-order valence-corrected chi connectivity index (χ2v) is 14.6. The van der Waals surface area contributed by atoms with Crippen molar-refractivity contribution >= 4 is 39.2 Å². The number of hydrogen-bond acceptors (Lipinski definition) is 6. The molecule has 2 fully saturated rings. The highest BCUT2D eigenvalue weighted by atomic mass is 35.5. The summed E-state index contributed by atoms with van der Waals surface area (Å²) in [6, 6.07) is 14.1. The molecular weight excluding hydrogens is 667 g/mol. The summed E-state index contributed by atoms with van der Waals surface area (Å²) in [4.78, 5) is 18.3. The van der Waals surface area contributed by atoms with Gasteiger partial charge in [-0.3, -0.25) is 4.68 Å². The van der Waals surface area contributed by atoms with Gasteiger partial charge in [0.25, 0.3) is 0 Å². The van der Waals surface area contributed by atoms with E-state index in [0.29, 0.717) is 48.4 Å². The third-order valence-corrected chi connectivity index (χ3v) is 11.3. The minimum atomic E-state index is -0.949. The van der Waals surface area contributed by atoms with Crippen molar-refractivity contribution in [3.63, 3.8) is 0 Å². The molecule has 7 rings (SSSR count). The molecule has 2 aromatic heterocycles. The molecule has 2 aliphatic heterocycles. The van der Waals surface area contributed by atoms with E-state index in [1.807, 2.05) is 60.5 Å². The van der Waals surface area contributed by atoms with E-state index < -0.39 is 5.97 Å². The molecule has 4 heterocycles. The van der Waals surface area contributed by atoms with Gasteiger partial charge in [-0.2, -0.15) is 5.10 Å². The van der Waals surface area contributed by atoms with Crippen LogP contribution in [0.5, 0.6) is 5.75 Å². The van der Waals surface area contributed by atoms with Gasteiger partial charge in [0.05, 0.1) is 22.8 Å². The van der Waals surface area contributed by atoms with Gasteiger partial charge in [-0.1, -0.05) is 29.8 Å². The summed E-state index contributed by atoms with van der Waals surface area (Å²) in [5.41, 5.74) is 5.54. The van der Waals surface area contributed by atoms with Crippen LogP contribution < -0.4 is 10.1 Å². The Bertz CT molecular complexity index is 2040. The predicted octanol–water partition coefficient (Wildman–Crippen LogP) is 6.93. The van der Waals surface area contributed by atoms with E-state index in [9.17, 15) is 14.3 Å². The third kappa shape index (κ3) is 7.37. The van der Waals surface area contributed by atoms with Crippen molar-refractivity contribution in [1.29, 1.82) is 0 Å². The van der Waals surface area contributed by atoms with Gasteiger partial charge in [-0.15, -0.1) is 0 Å². The summed E-state index contributed by atoms with van der Waals surface area (Å²) < 4.78 is 23.9. The standard InChI is InChI=1S/C40H48ClFN6O3/c1-26-36(27(2)45(3)44-26)37-34(41)12-11-33-32(7-5-23-51-35-8-4-6-29-24-30(42)9-10-31(29)35)39(40(49)50)48(38(33)37)22-21-46-17-13-28(14-18-46)25-47-19-15-43-16-20-47/h4,6,8-12,24,28,43H,5,7,13-23,25H2,1-3H3,(H,49,50). The number of carbonyl (C=O) groups is 1. The summed E-state index contributed by atoms with van der Waals surface area (Å²) in [5, 5.41) is 22.1. The highest BCUT2D eigenvalue weighted by Crippen LogP contribution is 2.42. The monoisotopic (exact) mass is 714 g/mol. The van der Waals surface area contributed by atoms with Gasteiger partial charge >= 0.3 is 5.97 Å². The maximum atomic E-state index is 13.8. The molecule has 2 N–H and O–H groups in total. The maximum absolute atomic E-state index is 13.8. The zero-order valence-corrected chi connectivity index (χ0v) is 30.6. The number of halogens is 2. The molecule has 2 saturated heterocycles. The molecule has 0 unspecified atom stereocenters. The molecule has 0 atom stereocenters. The van der Waals surface area contributed by atoms with Gasteiger partial charge in [0.1, 0.15) is 17.3 Å². The van der Waals surface area contributed by atoms with Crippen molar-refractivity contribution in [2.24, 2.45) is 13.0 Å². The lowest BCUT2D eigenvalue weighted by atomic mass is 9.96. The van der Waals surface area contributed by atoms with Crippen LogP contribution in [0.4, 0.5) is 4.39 Å². The van der Waals surface area contributed by atoms with Gasteiger partial charge in [-0.25, -0.2) is 9.18 Å². The molecule has 3 aromatic carbocycles. The van der Waals surface area contributed by atoms with E-state index >= 15 is 0 Å². The molecular formula is C40H48ClFN6O3. The van der Waals surface area contributed by atoms with Crippen molar-refractivity contribution in [3.05, 3.63) is 82.0 Å². The summed E-state index contributed by atoms with van der Waals surface area (Å²) in [6.45, 7) is 13.3. The Morgan fingerprint density at radius 2 is 1.76 bits per heavy atom. The number of piperazine rings is 1. The number of nitrogens with one attached hydrogen (secondary N) is 1. The molecule has 9 nitrogen and oxygen atoms in total. The molecule has 0 aliphatic carbocycles. The fourth-order valence-corrected chi connectivity index (χ4v) is 8.51. The molecule has 0 saturated carbocycles. The van der Waals surface area contributed by atoms with Crippen molar-refractivity contribution in [3.8, 4) is 16.9 Å². The minimum absolute atomic E-state index is 0.288. The van der Waals surface area contributed by atoms with Gasteiger partial charge in [0.2, 0.25) is 0 Å². The highest BCUT2D eigenvalue weighted by Gasteiger charge is 2.29. The molecule has 11 heteroatoms. The van der Waals surface area contributed by atoms with Crippen LogP contribution in [0.1, 0.15) is 46.7 Å². The van der Waals surface area contributed by atoms with Crippen LogP contribution >= 0.6 is 11.6 Å². The number of aromatic nitrogens is 3.